The van der Waals surface area contributed by atoms with E-state index in [1.165, 1.54) is 0 Å². The van der Waals surface area contributed by atoms with Gasteiger partial charge in [0, 0.05) is 0 Å². The van der Waals surface area contributed by atoms with Crippen molar-refractivity contribution in [2.24, 2.45) is 0 Å². The Balaban J connectivity index is -0.0000000800. The molecule has 0 saturated heterocycles. The van der Waals surface area contributed by atoms with E-state index in [2.05, 4.69) is 15.2 Å². The molecule has 0 spiro atoms. The first kappa shape index (κ1) is 24.9. The van der Waals surface area contributed by atoms with Crippen molar-refractivity contribution in [3.05, 3.63) is 0 Å². The smallest absolute Gasteiger partial charge is 1.00 e. The number of amides is 4. The van der Waals surface area contributed by atoms with Crippen molar-refractivity contribution in [1.29, 1.82) is 0 Å². The van der Waals surface area contributed by atoms with Crippen LogP contribution >= 0.6 is 0 Å². The number of hydrogen-bond donors (Lipinski definition) is 4. The van der Waals surface area contributed by atoms with Crippen LogP contribution in [0.2, 0.25) is 0 Å². The summed E-state index contributed by atoms with van der Waals surface area (Å²) in [7, 11) is 0. The van der Waals surface area contributed by atoms with E-state index < -0.39 is 39.3 Å². The number of carbonyl (C=O) groups is 4. The van der Waals surface area contributed by atoms with Crippen molar-refractivity contribution in [3.8, 4) is 0 Å². The molecule has 0 aromatic heterocycles. The van der Waals surface area contributed by atoms with E-state index in [9.17, 15) is 19.2 Å². The molecule has 0 aliphatic heterocycles. The second kappa shape index (κ2) is 29.4. The zero-order valence-electron chi connectivity index (χ0n) is 7.70. The molecule has 0 fully saturated rings. The van der Waals surface area contributed by atoms with Crippen LogP contribution in [0.25, 0.3) is 0 Å². The maximum absolute atomic E-state index is 9.44. The van der Waals surface area contributed by atoms with Gasteiger partial charge in [-0.3, -0.25) is 0 Å². The minimum atomic E-state index is -0.722. The zero-order valence-corrected chi connectivity index (χ0v) is 12.3. The molecule has 0 rings (SSSR count). The van der Waals surface area contributed by atoms with E-state index in [-0.39, 0.29) is 24.8 Å². The van der Waals surface area contributed by atoms with Gasteiger partial charge in [0.15, 0.2) is 0 Å². The molecule has 16 heavy (non-hydrogen) atoms. The van der Waals surface area contributed by atoms with Gasteiger partial charge < -0.3 is 24.8 Å². The van der Waals surface area contributed by atoms with Crippen molar-refractivity contribution in [2.45, 2.75) is 0 Å². The summed E-state index contributed by atoms with van der Waals surface area (Å²) in [5.41, 5.74) is 0. The van der Waals surface area contributed by atoms with Crippen molar-refractivity contribution in [2.75, 3.05) is 0 Å². The molecule has 0 radical (unpaired) electrons. The number of hydrogen-bond acceptors (Lipinski definition) is 4. The van der Waals surface area contributed by atoms with E-state index in [0.29, 0.717) is 25.6 Å². The Hall–Kier alpha value is -0.111. The van der Waals surface area contributed by atoms with Gasteiger partial charge in [-0.25, -0.2) is 0 Å². The van der Waals surface area contributed by atoms with E-state index >= 15 is 0 Å². The van der Waals surface area contributed by atoms with Crippen LogP contribution in [0.3, 0.4) is 0 Å². The van der Waals surface area contributed by atoms with Crippen LogP contribution in [-0.2, 0) is 58.5 Å². The van der Waals surface area contributed by atoms with Crippen LogP contribution in [0.5, 0.6) is 0 Å². The Kier molecular flexibility index (Phi) is 45.7. The predicted molar refractivity (Wildman–Crippen MR) is 36.8 cm³/mol. The monoisotopic (exact) mass is 342 g/mol. The fourth-order valence-corrected chi connectivity index (χ4v) is 0.830. The van der Waals surface area contributed by atoms with Gasteiger partial charge in [0.05, 0.1) is 0 Å². The molecule has 0 aliphatic carbocycles. The second-order valence-electron chi connectivity index (χ2n) is 1.30. The molecule has 90 valence electrons. The van der Waals surface area contributed by atoms with Crippen molar-refractivity contribution in [3.63, 3.8) is 0 Å². The van der Waals surface area contributed by atoms with E-state index in [4.69, 9.17) is 0 Å². The number of nitrogens with one attached hydrogen (secondary N) is 4. The molecule has 0 aromatic carbocycles. The molecule has 0 bridgehead atoms. The molecular weight excluding hydrogens is 335 g/mol. The SMILES string of the molecule is O=C[NH][Ti+][NH]C=O.O=C[NH][Ti+][NH]C=O.[Cl-].[Cl-]. The van der Waals surface area contributed by atoms with Crippen LogP contribution < -0.4 is 40.0 Å². The van der Waals surface area contributed by atoms with Gasteiger partial charge in [0.2, 0.25) is 0 Å². The summed E-state index contributed by atoms with van der Waals surface area (Å²) in [6.45, 7) is 0. The van der Waals surface area contributed by atoms with Crippen LogP contribution in [0.1, 0.15) is 0 Å². The van der Waals surface area contributed by atoms with Gasteiger partial charge in [-0.05, 0) is 0 Å². The molecule has 0 heterocycles. The van der Waals surface area contributed by atoms with Crippen LogP contribution in [0.4, 0.5) is 0 Å². The summed E-state index contributed by atoms with van der Waals surface area (Å²) in [5, 5.41) is 0. The van der Waals surface area contributed by atoms with Crippen molar-refractivity contribution < 1.29 is 83.3 Å². The molecule has 0 aliphatic rings. The number of halogens is 2. The predicted octanol–water partition coefficient (Wildman–Crippen LogP) is -9.21. The molecule has 4 N–H and O–H groups in total. The van der Waals surface area contributed by atoms with Gasteiger partial charge in [-0.2, -0.15) is 0 Å². The summed E-state index contributed by atoms with van der Waals surface area (Å²) < 4.78 is 9.40. The van der Waals surface area contributed by atoms with E-state index in [1.807, 2.05) is 0 Å². The third kappa shape index (κ3) is 37.1. The Bertz CT molecular complexity index is 144. The zero-order chi connectivity index (χ0) is 11.1. The Morgan fingerprint density at radius 3 is 0.875 bits per heavy atom. The molecule has 0 aromatic rings. The molecule has 0 unspecified atom stereocenters. The first-order valence-electron chi connectivity index (χ1n) is 3.10. The quantitative estimate of drug-likeness (QED) is 0.199. The number of carbonyl (C=O) groups excluding carboxylic acids is 4. The summed E-state index contributed by atoms with van der Waals surface area (Å²) in [6, 6.07) is 0. The minimum absolute atomic E-state index is 0. The van der Waals surface area contributed by atoms with Crippen LogP contribution in [0, 0.1) is 0 Å². The Morgan fingerprint density at radius 2 is 0.750 bits per heavy atom. The average Bonchev–Trinajstić information content (AvgIpc) is 2.21. The van der Waals surface area contributed by atoms with Crippen molar-refractivity contribution in [1.82, 2.24) is 15.2 Å². The topological polar surface area (TPSA) is 116 Å². The fraction of sp³-hybridized carbons (Fsp3) is 0. The Labute approximate surface area is 123 Å². The number of rotatable bonds is 8. The maximum Gasteiger partial charge on any atom is -1.00 e. The molecule has 8 nitrogen and oxygen atoms in total. The molecule has 0 saturated carbocycles. The van der Waals surface area contributed by atoms with Gasteiger partial charge in [0.1, 0.15) is 0 Å². The summed E-state index contributed by atoms with van der Waals surface area (Å²) in [4.78, 5) is 37.8. The largest absolute Gasteiger partial charge is 1.00 e. The second-order valence-corrected chi connectivity index (χ2v) is 3.88. The molecule has 4 amide bonds. The van der Waals surface area contributed by atoms with Gasteiger partial charge in [-0.15, -0.1) is 0 Å². The normalized spacial score (nSPS) is 5.00. The summed E-state index contributed by atoms with van der Waals surface area (Å²) in [5.74, 6) is 0. The van der Waals surface area contributed by atoms with Gasteiger partial charge >= 0.3 is 99.3 Å². The first-order valence-corrected chi connectivity index (χ1v) is 6.22. The first-order chi connectivity index (χ1) is 6.83. The Morgan fingerprint density at radius 1 is 0.562 bits per heavy atom. The van der Waals surface area contributed by atoms with Gasteiger partial charge in [0.25, 0.3) is 0 Å². The standard InChI is InChI=1S/4CH3NO.2ClH.2Ti/c4*2-1-3;;;;/h4*1H,(H2,2,3);2*1H;;/q;;;;;;2*+3/p-6. The van der Waals surface area contributed by atoms with Crippen LogP contribution in [0.15, 0.2) is 0 Å². The third-order valence-corrected chi connectivity index (χ3v) is 2.16. The molecule has 0 atom stereocenters. The summed E-state index contributed by atoms with van der Waals surface area (Å²) >= 11 is -1.44. The maximum atomic E-state index is 9.44. The molecular formula is C4H8Cl2N4O4Ti2. The third-order valence-electron chi connectivity index (χ3n) is 0.524. The fourth-order valence-electron chi connectivity index (χ4n) is 0.201. The average molecular weight is 343 g/mol. The van der Waals surface area contributed by atoms with E-state index in [0.717, 1.165) is 0 Å². The minimum Gasteiger partial charge on any atom is -1.00 e. The van der Waals surface area contributed by atoms with E-state index in [1.54, 1.807) is 0 Å². The summed E-state index contributed by atoms with van der Waals surface area (Å²) in [6.07, 6.45) is 2.26. The van der Waals surface area contributed by atoms with Gasteiger partial charge in [-0.1, -0.05) is 0 Å². The molecule has 12 heteroatoms. The van der Waals surface area contributed by atoms with Crippen molar-refractivity contribution >= 4 is 25.6 Å². The van der Waals surface area contributed by atoms with Crippen LogP contribution in [-0.4, -0.2) is 25.6 Å².